The average Bonchev–Trinajstić information content (AvgIpc) is 2.95. The van der Waals surface area contributed by atoms with E-state index in [0.29, 0.717) is 19.5 Å². The first-order chi connectivity index (χ1) is 8.24. The lowest BCUT2D eigenvalue weighted by Gasteiger charge is -2.16. The van der Waals surface area contributed by atoms with Gasteiger partial charge in [0.15, 0.2) is 0 Å². The van der Waals surface area contributed by atoms with Gasteiger partial charge in [0.25, 0.3) is 5.91 Å². The quantitative estimate of drug-likeness (QED) is 0.741. The molecule has 0 saturated carbocycles. The Morgan fingerprint density at radius 3 is 2.94 bits per heavy atom. The minimum atomic E-state index is -0.352. The standard InChI is InChI=1S/C13H16N2O2/c16-12-3-4-15(8-12)13(17)9-1-2-10-6-14-7-11(10)5-9/h1-2,5,12,14,16H,3-4,6-8H2/t12-/m1/s1. The third-order valence-electron chi connectivity index (χ3n) is 3.53. The number of rotatable bonds is 1. The first kappa shape index (κ1) is 10.7. The first-order valence-electron chi connectivity index (χ1n) is 6.04. The zero-order valence-electron chi connectivity index (χ0n) is 9.65. The van der Waals surface area contributed by atoms with E-state index in [9.17, 15) is 9.90 Å². The number of carbonyl (C=O) groups is 1. The van der Waals surface area contributed by atoms with E-state index >= 15 is 0 Å². The van der Waals surface area contributed by atoms with E-state index in [2.05, 4.69) is 5.32 Å². The predicted molar refractivity (Wildman–Crippen MR) is 63.5 cm³/mol. The van der Waals surface area contributed by atoms with Gasteiger partial charge in [-0.2, -0.15) is 0 Å². The van der Waals surface area contributed by atoms with Gasteiger partial charge in [0, 0.05) is 31.7 Å². The molecule has 2 heterocycles. The Morgan fingerprint density at radius 1 is 1.35 bits per heavy atom. The van der Waals surface area contributed by atoms with Crippen LogP contribution in [0, 0.1) is 0 Å². The van der Waals surface area contributed by atoms with Crippen molar-refractivity contribution in [3.63, 3.8) is 0 Å². The van der Waals surface area contributed by atoms with Crippen molar-refractivity contribution < 1.29 is 9.90 Å². The van der Waals surface area contributed by atoms with E-state index in [1.165, 1.54) is 11.1 Å². The monoisotopic (exact) mass is 232 g/mol. The van der Waals surface area contributed by atoms with Crippen LogP contribution in [0.3, 0.4) is 0 Å². The zero-order chi connectivity index (χ0) is 11.8. The number of nitrogens with zero attached hydrogens (tertiary/aromatic N) is 1. The molecule has 0 bridgehead atoms. The van der Waals surface area contributed by atoms with Crippen molar-refractivity contribution in [3.8, 4) is 0 Å². The molecule has 17 heavy (non-hydrogen) atoms. The molecule has 4 heteroatoms. The van der Waals surface area contributed by atoms with Gasteiger partial charge in [0.2, 0.25) is 0 Å². The normalized spacial score (nSPS) is 22.9. The molecule has 2 aliphatic rings. The first-order valence-corrected chi connectivity index (χ1v) is 6.04. The Bertz CT molecular complexity index is 459. The van der Waals surface area contributed by atoms with Crippen LogP contribution in [0.15, 0.2) is 18.2 Å². The lowest BCUT2D eigenvalue weighted by molar-refractivity contribution is 0.0765. The molecule has 2 N–H and O–H groups in total. The Kier molecular flexibility index (Phi) is 2.61. The molecular formula is C13H16N2O2. The molecule has 1 saturated heterocycles. The van der Waals surface area contributed by atoms with Gasteiger partial charge >= 0.3 is 0 Å². The maximum absolute atomic E-state index is 12.2. The number of nitrogens with one attached hydrogen (secondary N) is 1. The molecule has 1 amide bonds. The van der Waals surface area contributed by atoms with Crippen LogP contribution in [0.1, 0.15) is 27.9 Å². The fourth-order valence-corrected chi connectivity index (χ4v) is 2.54. The molecule has 0 aliphatic carbocycles. The second-order valence-corrected chi connectivity index (χ2v) is 4.78. The Balaban J connectivity index is 1.82. The summed E-state index contributed by atoms with van der Waals surface area (Å²) in [7, 11) is 0. The SMILES string of the molecule is O=C(c1ccc2c(c1)CNC2)N1CC[C@@H](O)C1. The summed E-state index contributed by atoms with van der Waals surface area (Å²) < 4.78 is 0. The lowest BCUT2D eigenvalue weighted by atomic mass is 10.1. The minimum absolute atomic E-state index is 0.0382. The second kappa shape index (κ2) is 4.13. The molecule has 1 aromatic carbocycles. The summed E-state index contributed by atoms with van der Waals surface area (Å²) in [6.07, 6.45) is 0.341. The Morgan fingerprint density at radius 2 is 2.18 bits per heavy atom. The number of benzene rings is 1. The highest BCUT2D eigenvalue weighted by Gasteiger charge is 2.25. The van der Waals surface area contributed by atoms with Crippen LogP contribution in [0.5, 0.6) is 0 Å². The summed E-state index contributed by atoms with van der Waals surface area (Å²) in [5, 5.41) is 12.7. The van der Waals surface area contributed by atoms with E-state index in [1.54, 1.807) is 4.90 Å². The largest absolute Gasteiger partial charge is 0.391 e. The van der Waals surface area contributed by atoms with Crippen LogP contribution < -0.4 is 5.32 Å². The molecule has 1 aromatic rings. The zero-order valence-corrected chi connectivity index (χ0v) is 9.65. The topological polar surface area (TPSA) is 52.6 Å². The van der Waals surface area contributed by atoms with E-state index < -0.39 is 0 Å². The summed E-state index contributed by atoms with van der Waals surface area (Å²) in [4.78, 5) is 13.9. The Hall–Kier alpha value is -1.39. The van der Waals surface area contributed by atoms with Crippen molar-refractivity contribution in [2.24, 2.45) is 0 Å². The molecular weight excluding hydrogens is 216 g/mol. The number of hydrogen-bond donors (Lipinski definition) is 2. The molecule has 0 spiro atoms. The number of fused-ring (bicyclic) bond motifs is 1. The molecule has 0 radical (unpaired) electrons. The average molecular weight is 232 g/mol. The minimum Gasteiger partial charge on any atom is -0.391 e. The number of carbonyl (C=O) groups excluding carboxylic acids is 1. The van der Waals surface area contributed by atoms with Gasteiger partial charge in [0.05, 0.1) is 6.10 Å². The third kappa shape index (κ3) is 1.94. The molecule has 1 fully saturated rings. The molecule has 90 valence electrons. The van der Waals surface area contributed by atoms with E-state index in [4.69, 9.17) is 0 Å². The number of amides is 1. The van der Waals surface area contributed by atoms with Gasteiger partial charge in [-0.25, -0.2) is 0 Å². The van der Waals surface area contributed by atoms with Crippen molar-refractivity contribution in [2.45, 2.75) is 25.6 Å². The number of β-amino-alcohol motifs (C(OH)–C–C–N with tert-alkyl or cyclic N) is 1. The van der Waals surface area contributed by atoms with Gasteiger partial charge in [-0.15, -0.1) is 0 Å². The molecule has 0 unspecified atom stereocenters. The van der Waals surface area contributed by atoms with Crippen molar-refractivity contribution >= 4 is 5.91 Å². The summed E-state index contributed by atoms with van der Waals surface area (Å²) in [5.41, 5.74) is 3.24. The van der Waals surface area contributed by atoms with E-state index in [0.717, 1.165) is 18.7 Å². The molecule has 1 atom stereocenters. The number of likely N-dealkylation sites (tertiary alicyclic amines) is 1. The van der Waals surface area contributed by atoms with Crippen LogP contribution in [0.25, 0.3) is 0 Å². The summed E-state index contributed by atoms with van der Waals surface area (Å²) >= 11 is 0. The van der Waals surface area contributed by atoms with Gasteiger partial charge in [0.1, 0.15) is 0 Å². The van der Waals surface area contributed by atoms with Crippen LogP contribution >= 0.6 is 0 Å². The van der Waals surface area contributed by atoms with Crippen LogP contribution in [-0.2, 0) is 13.1 Å². The molecule has 4 nitrogen and oxygen atoms in total. The van der Waals surface area contributed by atoms with Crippen molar-refractivity contribution in [2.75, 3.05) is 13.1 Å². The van der Waals surface area contributed by atoms with Gasteiger partial charge < -0.3 is 15.3 Å². The summed E-state index contributed by atoms with van der Waals surface area (Å²) in [6, 6.07) is 5.89. The van der Waals surface area contributed by atoms with Crippen molar-refractivity contribution in [1.82, 2.24) is 10.2 Å². The highest BCUT2D eigenvalue weighted by atomic mass is 16.3. The van der Waals surface area contributed by atoms with Gasteiger partial charge in [-0.1, -0.05) is 6.07 Å². The summed E-state index contributed by atoms with van der Waals surface area (Å²) in [6.45, 7) is 2.87. The van der Waals surface area contributed by atoms with Crippen LogP contribution in [0.4, 0.5) is 0 Å². The van der Waals surface area contributed by atoms with Crippen LogP contribution in [0.2, 0.25) is 0 Å². The predicted octanol–water partition coefficient (Wildman–Crippen LogP) is 0.497. The van der Waals surface area contributed by atoms with Crippen LogP contribution in [-0.4, -0.2) is 35.1 Å². The second-order valence-electron chi connectivity index (χ2n) is 4.78. The molecule has 3 rings (SSSR count). The third-order valence-corrected chi connectivity index (χ3v) is 3.53. The van der Waals surface area contributed by atoms with Gasteiger partial charge in [-0.05, 0) is 29.7 Å². The lowest BCUT2D eigenvalue weighted by Crippen LogP contribution is -2.29. The molecule has 0 aromatic heterocycles. The number of aliphatic hydroxyl groups is 1. The van der Waals surface area contributed by atoms with Crippen molar-refractivity contribution in [1.29, 1.82) is 0 Å². The number of aliphatic hydroxyl groups excluding tert-OH is 1. The Labute approximate surface area is 100 Å². The highest BCUT2D eigenvalue weighted by Crippen LogP contribution is 2.19. The maximum Gasteiger partial charge on any atom is 0.253 e. The van der Waals surface area contributed by atoms with Crippen molar-refractivity contribution in [3.05, 3.63) is 34.9 Å². The fourth-order valence-electron chi connectivity index (χ4n) is 2.54. The van der Waals surface area contributed by atoms with E-state index in [-0.39, 0.29) is 12.0 Å². The summed E-state index contributed by atoms with van der Waals surface area (Å²) in [5.74, 6) is 0.0382. The van der Waals surface area contributed by atoms with Gasteiger partial charge in [-0.3, -0.25) is 4.79 Å². The smallest absolute Gasteiger partial charge is 0.253 e. The fraction of sp³-hybridized carbons (Fsp3) is 0.462. The van der Waals surface area contributed by atoms with E-state index in [1.807, 2.05) is 18.2 Å². The highest BCUT2D eigenvalue weighted by molar-refractivity contribution is 5.94. The molecule has 2 aliphatic heterocycles. The maximum atomic E-state index is 12.2. The number of hydrogen-bond acceptors (Lipinski definition) is 3.